The fourth-order valence-corrected chi connectivity index (χ4v) is 3.22. The average Bonchev–Trinajstić information content (AvgIpc) is 2.64. The van der Waals surface area contributed by atoms with Crippen LogP contribution in [-0.2, 0) is 6.42 Å². The standard InChI is InChI=1S/C21H26ClN5/c1-14-17(5-4-6-18(14)22)19-13-20(26-21(23)25-19)24-12-11-15-7-9-16(10-8-15)27(2)3/h4-10,13,20,24H,11-12H2,1-3H3,(H3,23,25,26). The van der Waals surface area contributed by atoms with Gasteiger partial charge >= 0.3 is 0 Å². The number of guanidine groups is 1. The minimum atomic E-state index is -0.166. The summed E-state index contributed by atoms with van der Waals surface area (Å²) in [5, 5.41) is 7.32. The molecule has 27 heavy (non-hydrogen) atoms. The van der Waals surface area contributed by atoms with Crippen molar-refractivity contribution in [2.24, 2.45) is 10.7 Å². The predicted octanol–water partition coefficient (Wildman–Crippen LogP) is 3.13. The SMILES string of the molecule is Cc1c(Cl)cccc1C1=CC(NCCc2ccc(N(C)C)cc2)N=C(N)N1. The molecule has 0 amide bonds. The predicted molar refractivity (Wildman–Crippen MR) is 115 cm³/mol. The second-order valence-electron chi connectivity index (χ2n) is 6.84. The number of nitrogens with two attached hydrogens (primary N) is 1. The van der Waals surface area contributed by atoms with Crippen LogP contribution in [0.3, 0.4) is 0 Å². The van der Waals surface area contributed by atoms with Crippen LogP contribution in [0.15, 0.2) is 53.5 Å². The second kappa shape index (κ2) is 8.46. The summed E-state index contributed by atoms with van der Waals surface area (Å²) in [5.74, 6) is 0.403. The van der Waals surface area contributed by atoms with Gasteiger partial charge in [-0.05, 0) is 48.7 Å². The topological polar surface area (TPSA) is 65.7 Å². The van der Waals surface area contributed by atoms with Crippen molar-refractivity contribution >= 4 is 28.9 Å². The van der Waals surface area contributed by atoms with E-state index in [-0.39, 0.29) is 6.17 Å². The fourth-order valence-electron chi connectivity index (χ4n) is 3.04. The van der Waals surface area contributed by atoms with Gasteiger partial charge in [-0.25, -0.2) is 4.99 Å². The Morgan fingerprint density at radius 2 is 1.93 bits per heavy atom. The molecule has 2 aromatic rings. The summed E-state index contributed by atoms with van der Waals surface area (Å²) in [7, 11) is 4.09. The lowest BCUT2D eigenvalue weighted by Crippen LogP contribution is -2.40. The molecule has 0 aromatic heterocycles. The van der Waals surface area contributed by atoms with Gasteiger partial charge < -0.3 is 16.0 Å². The molecule has 0 saturated carbocycles. The van der Waals surface area contributed by atoms with Gasteiger partial charge in [0.05, 0.1) is 0 Å². The number of nitrogens with one attached hydrogen (secondary N) is 2. The molecule has 1 atom stereocenters. The largest absolute Gasteiger partial charge is 0.378 e. The van der Waals surface area contributed by atoms with Crippen molar-refractivity contribution in [3.63, 3.8) is 0 Å². The summed E-state index contributed by atoms with van der Waals surface area (Å²) in [4.78, 5) is 6.53. The molecule has 4 N–H and O–H groups in total. The molecule has 0 spiro atoms. The Hall–Kier alpha value is -2.50. The van der Waals surface area contributed by atoms with Crippen LogP contribution < -0.4 is 21.3 Å². The van der Waals surface area contributed by atoms with E-state index in [9.17, 15) is 0 Å². The molecule has 6 heteroatoms. The monoisotopic (exact) mass is 383 g/mol. The molecular formula is C21H26ClN5. The first-order valence-electron chi connectivity index (χ1n) is 9.01. The Kier molecular flexibility index (Phi) is 6.04. The van der Waals surface area contributed by atoms with E-state index in [4.69, 9.17) is 17.3 Å². The van der Waals surface area contributed by atoms with Crippen molar-refractivity contribution in [2.75, 3.05) is 25.5 Å². The van der Waals surface area contributed by atoms with E-state index in [1.807, 2.05) is 45.3 Å². The molecule has 142 valence electrons. The van der Waals surface area contributed by atoms with Crippen LogP contribution >= 0.6 is 11.6 Å². The molecule has 0 fully saturated rings. The molecule has 1 unspecified atom stereocenters. The zero-order chi connectivity index (χ0) is 19.4. The van der Waals surface area contributed by atoms with Gasteiger partial charge in [-0.15, -0.1) is 0 Å². The summed E-state index contributed by atoms with van der Waals surface area (Å²) in [6.07, 6.45) is 2.80. The van der Waals surface area contributed by atoms with Gasteiger partial charge in [0.15, 0.2) is 5.96 Å². The van der Waals surface area contributed by atoms with Crippen LogP contribution in [0.2, 0.25) is 5.02 Å². The Balaban J connectivity index is 1.64. The lowest BCUT2D eigenvalue weighted by Gasteiger charge is -2.22. The minimum absolute atomic E-state index is 0.166. The first kappa shape index (κ1) is 19.3. The van der Waals surface area contributed by atoms with Gasteiger partial charge in [0.25, 0.3) is 0 Å². The summed E-state index contributed by atoms with van der Waals surface area (Å²) in [6.45, 7) is 2.81. The number of nitrogens with zero attached hydrogens (tertiary/aromatic N) is 2. The third-order valence-electron chi connectivity index (χ3n) is 4.64. The van der Waals surface area contributed by atoms with Gasteiger partial charge in [0, 0.05) is 42.6 Å². The summed E-state index contributed by atoms with van der Waals surface area (Å²) >= 11 is 6.25. The first-order chi connectivity index (χ1) is 12.9. The van der Waals surface area contributed by atoms with Crippen molar-refractivity contribution in [3.05, 3.63) is 70.3 Å². The smallest absolute Gasteiger partial charge is 0.195 e. The van der Waals surface area contributed by atoms with Gasteiger partial charge in [0.2, 0.25) is 0 Å². The molecule has 0 aliphatic carbocycles. The van der Waals surface area contributed by atoms with Crippen LogP contribution in [0.5, 0.6) is 0 Å². The molecule has 2 aromatic carbocycles. The molecule has 1 heterocycles. The third kappa shape index (κ3) is 4.81. The summed E-state index contributed by atoms with van der Waals surface area (Å²) in [6, 6.07) is 14.4. The first-order valence-corrected chi connectivity index (χ1v) is 9.39. The normalized spacial score (nSPS) is 16.4. The molecule has 1 aliphatic heterocycles. The highest BCUT2D eigenvalue weighted by atomic mass is 35.5. The molecule has 0 radical (unpaired) electrons. The van der Waals surface area contributed by atoms with Crippen LogP contribution in [0.4, 0.5) is 5.69 Å². The van der Waals surface area contributed by atoms with Gasteiger partial charge in [-0.3, -0.25) is 5.32 Å². The Bertz CT molecular complexity index is 855. The zero-order valence-electron chi connectivity index (χ0n) is 16.0. The molecule has 0 saturated heterocycles. The molecule has 5 nitrogen and oxygen atoms in total. The second-order valence-corrected chi connectivity index (χ2v) is 7.25. The zero-order valence-corrected chi connectivity index (χ0v) is 16.7. The number of anilines is 1. The van der Waals surface area contributed by atoms with E-state index < -0.39 is 0 Å². The summed E-state index contributed by atoms with van der Waals surface area (Å²) in [5.41, 5.74) is 11.5. The lowest BCUT2D eigenvalue weighted by atomic mass is 10.0. The van der Waals surface area contributed by atoms with Gasteiger partial charge in [-0.1, -0.05) is 35.9 Å². The Labute approximate surface area is 165 Å². The van der Waals surface area contributed by atoms with Crippen LogP contribution in [0.25, 0.3) is 5.70 Å². The number of halogens is 1. The maximum absolute atomic E-state index is 6.25. The summed E-state index contributed by atoms with van der Waals surface area (Å²) < 4.78 is 0. The van der Waals surface area contributed by atoms with Crippen molar-refractivity contribution in [1.29, 1.82) is 0 Å². The number of aliphatic imine (C=N–C) groups is 1. The molecule has 0 bridgehead atoms. The lowest BCUT2D eigenvalue weighted by molar-refractivity contribution is 0.607. The molecular weight excluding hydrogens is 358 g/mol. The minimum Gasteiger partial charge on any atom is -0.378 e. The maximum Gasteiger partial charge on any atom is 0.195 e. The van der Waals surface area contributed by atoms with Crippen molar-refractivity contribution in [2.45, 2.75) is 19.5 Å². The van der Waals surface area contributed by atoms with E-state index in [1.54, 1.807) is 0 Å². The van der Waals surface area contributed by atoms with Crippen LogP contribution in [-0.4, -0.2) is 32.8 Å². The van der Waals surface area contributed by atoms with E-state index in [0.29, 0.717) is 5.96 Å². The van der Waals surface area contributed by atoms with Crippen molar-refractivity contribution in [1.82, 2.24) is 10.6 Å². The van der Waals surface area contributed by atoms with Crippen molar-refractivity contribution in [3.8, 4) is 0 Å². The van der Waals surface area contributed by atoms with E-state index in [2.05, 4.69) is 44.8 Å². The van der Waals surface area contributed by atoms with E-state index in [0.717, 1.165) is 34.8 Å². The molecule has 1 aliphatic rings. The van der Waals surface area contributed by atoms with Crippen LogP contribution in [0, 0.1) is 6.92 Å². The van der Waals surface area contributed by atoms with E-state index >= 15 is 0 Å². The van der Waals surface area contributed by atoms with E-state index in [1.165, 1.54) is 11.3 Å². The highest BCUT2D eigenvalue weighted by molar-refractivity contribution is 6.31. The number of rotatable bonds is 6. The highest BCUT2D eigenvalue weighted by Gasteiger charge is 2.16. The van der Waals surface area contributed by atoms with Gasteiger partial charge in [-0.2, -0.15) is 0 Å². The third-order valence-corrected chi connectivity index (χ3v) is 5.05. The van der Waals surface area contributed by atoms with Crippen molar-refractivity contribution < 1.29 is 0 Å². The fraction of sp³-hybridized carbons (Fsp3) is 0.286. The maximum atomic E-state index is 6.25. The van der Waals surface area contributed by atoms with Gasteiger partial charge in [0.1, 0.15) is 6.17 Å². The Morgan fingerprint density at radius 1 is 1.19 bits per heavy atom. The van der Waals surface area contributed by atoms with Crippen LogP contribution in [0.1, 0.15) is 16.7 Å². The number of hydrogen-bond donors (Lipinski definition) is 3. The quantitative estimate of drug-likeness (QED) is 0.717. The number of benzene rings is 2. The number of hydrogen-bond acceptors (Lipinski definition) is 5. The highest BCUT2D eigenvalue weighted by Crippen LogP contribution is 2.25. The molecule has 3 rings (SSSR count). The Morgan fingerprint density at radius 3 is 2.63 bits per heavy atom. The average molecular weight is 384 g/mol.